The first-order chi connectivity index (χ1) is 5.15. The van der Waals surface area contributed by atoms with Crippen molar-refractivity contribution in [3.8, 4) is 0 Å². The van der Waals surface area contributed by atoms with E-state index in [-0.39, 0.29) is 24.3 Å². The highest BCUT2D eigenvalue weighted by Gasteiger charge is 2.29. The number of likely N-dealkylation sites (N-methyl/N-ethyl adjacent to an activating group) is 2. The normalized spacial score (nSPS) is 26.0. The topological polar surface area (TPSA) is 49.4 Å². The van der Waals surface area contributed by atoms with Crippen LogP contribution in [-0.4, -0.2) is 43.3 Å². The number of hydrogen-bond donors (Lipinski definition) is 1. The summed E-state index contributed by atoms with van der Waals surface area (Å²) in [7, 11) is 3.33. The monoisotopic (exact) mass is 156 g/mol. The first-order valence-corrected chi connectivity index (χ1v) is 3.59. The van der Waals surface area contributed by atoms with Gasteiger partial charge in [-0.3, -0.25) is 9.59 Å². The van der Waals surface area contributed by atoms with Gasteiger partial charge in [0.25, 0.3) is 0 Å². The number of piperidine rings is 1. The number of amides is 1. The predicted octanol–water partition coefficient (Wildman–Crippen LogP) is -0.994. The Bertz CT molecular complexity index is 191. The van der Waals surface area contributed by atoms with Crippen molar-refractivity contribution >= 4 is 11.7 Å². The minimum absolute atomic E-state index is 0.00657. The van der Waals surface area contributed by atoms with Crippen LogP contribution in [0.3, 0.4) is 0 Å². The number of nitrogens with zero attached hydrogens (tertiary/aromatic N) is 1. The number of nitrogens with one attached hydrogen (secondary N) is 1. The van der Waals surface area contributed by atoms with E-state index in [2.05, 4.69) is 5.32 Å². The third-order valence-electron chi connectivity index (χ3n) is 1.87. The standard InChI is InChI=1S/C7H12N2O2/c1-8-6-3-5(10)4-9(2)7(6)11/h6,8H,3-4H2,1-2H3/t6-/m0/s1. The van der Waals surface area contributed by atoms with E-state index >= 15 is 0 Å². The Kier molecular flexibility index (Phi) is 2.24. The number of hydrogen-bond acceptors (Lipinski definition) is 3. The van der Waals surface area contributed by atoms with E-state index in [4.69, 9.17) is 0 Å². The van der Waals surface area contributed by atoms with Gasteiger partial charge in [-0.15, -0.1) is 0 Å². The minimum Gasteiger partial charge on any atom is -0.337 e. The quantitative estimate of drug-likeness (QED) is 0.530. The Labute approximate surface area is 65.6 Å². The van der Waals surface area contributed by atoms with E-state index in [0.29, 0.717) is 6.42 Å². The van der Waals surface area contributed by atoms with Gasteiger partial charge < -0.3 is 10.2 Å². The summed E-state index contributed by atoms with van der Waals surface area (Å²) in [6.07, 6.45) is 0.333. The van der Waals surface area contributed by atoms with Crippen molar-refractivity contribution in [2.24, 2.45) is 0 Å². The van der Waals surface area contributed by atoms with Gasteiger partial charge in [-0.1, -0.05) is 0 Å². The van der Waals surface area contributed by atoms with Crippen LogP contribution in [0, 0.1) is 0 Å². The minimum atomic E-state index is -0.304. The zero-order chi connectivity index (χ0) is 8.43. The highest BCUT2D eigenvalue weighted by atomic mass is 16.2. The van der Waals surface area contributed by atoms with Gasteiger partial charge in [-0.2, -0.15) is 0 Å². The number of Topliss-reactive ketones (excluding diaryl/α,β-unsaturated/α-hetero) is 1. The summed E-state index contributed by atoms with van der Waals surface area (Å²) in [5, 5.41) is 2.80. The SMILES string of the molecule is CN[C@H]1CC(=O)CN(C)C1=O. The molecule has 0 aromatic rings. The van der Waals surface area contributed by atoms with Crippen molar-refractivity contribution in [3.63, 3.8) is 0 Å². The van der Waals surface area contributed by atoms with E-state index in [1.165, 1.54) is 4.90 Å². The largest absolute Gasteiger partial charge is 0.337 e. The number of carbonyl (C=O) groups is 2. The molecule has 0 saturated carbocycles. The van der Waals surface area contributed by atoms with Gasteiger partial charge in [-0.05, 0) is 7.05 Å². The summed E-state index contributed by atoms with van der Waals surface area (Å²) < 4.78 is 0. The molecule has 4 heteroatoms. The fraction of sp³-hybridized carbons (Fsp3) is 0.714. The molecule has 1 fully saturated rings. The Morgan fingerprint density at radius 3 is 2.73 bits per heavy atom. The summed E-state index contributed by atoms with van der Waals surface area (Å²) in [6.45, 7) is 0.261. The van der Waals surface area contributed by atoms with Gasteiger partial charge in [0.15, 0.2) is 5.78 Å². The lowest BCUT2D eigenvalue weighted by molar-refractivity contribution is -0.141. The van der Waals surface area contributed by atoms with Gasteiger partial charge in [0.1, 0.15) is 0 Å². The Balaban J connectivity index is 2.66. The van der Waals surface area contributed by atoms with E-state index < -0.39 is 0 Å². The van der Waals surface area contributed by atoms with Crippen LogP contribution in [0.5, 0.6) is 0 Å². The molecule has 1 aliphatic rings. The zero-order valence-electron chi connectivity index (χ0n) is 6.76. The molecule has 0 aliphatic carbocycles. The molecule has 1 heterocycles. The second-order valence-corrected chi connectivity index (χ2v) is 2.78. The maximum atomic E-state index is 11.2. The molecule has 1 aliphatic heterocycles. The molecule has 1 rings (SSSR count). The van der Waals surface area contributed by atoms with Gasteiger partial charge >= 0.3 is 0 Å². The summed E-state index contributed by atoms with van der Waals surface area (Å²) >= 11 is 0. The molecule has 4 nitrogen and oxygen atoms in total. The molecule has 0 bridgehead atoms. The average Bonchev–Trinajstić information content (AvgIpc) is 1.96. The van der Waals surface area contributed by atoms with Crippen molar-refractivity contribution in [2.45, 2.75) is 12.5 Å². The fourth-order valence-corrected chi connectivity index (χ4v) is 1.21. The van der Waals surface area contributed by atoms with Crippen molar-refractivity contribution in [1.82, 2.24) is 10.2 Å². The Morgan fingerprint density at radius 2 is 2.18 bits per heavy atom. The van der Waals surface area contributed by atoms with Crippen LogP contribution in [0.4, 0.5) is 0 Å². The first kappa shape index (κ1) is 8.20. The maximum absolute atomic E-state index is 11.2. The highest BCUT2D eigenvalue weighted by molar-refractivity contribution is 5.96. The van der Waals surface area contributed by atoms with E-state index in [1.54, 1.807) is 14.1 Å². The summed E-state index contributed by atoms with van der Waals surface area (Å²) in [5.41, 5.74) is 0. The lowest BCUT2D eigenvalue weighted by Crippen LogP contribution is -2.51. The van der Waals surface area contributed by atoms with Gasteiger partial charge in [0.2, 0.25) is 5.91 Å². The summed E-state index contributed by atoms with van der Waals surface area (Å²) in [6, 6.07) is -0.304. The van der Waals surface area contributed by atoms with Crippen LogP contribution in [0.15, 0.2) is 0 Å². The first-order valence-electron chi connectivity index (χ1n) is 3.59. The molecule has 0 radical (unpaired) electrons. The molecule has 0 unspecified atom stereocenters. The van der Waals surface area contributed by atoms with Crippen LogP contribution in [0.25, 0.3) is 0 Å². The van der Waals surface area contributed by atoms with Crippen molar-refractivity contribution in [1.29, 1.82) is 0 Å². The summed E-state index contributed by atoms with van der Waals surface area (Å²) in [4.78, 5) is 23.6. The van der Waals surface area contributed by atoms with E-state index in [9.17, 15) is 9.59 Å². The Morgan fingerprint density at radius 1 is 1.55 bits per heavy atom. The molecule has 0 aromatic carbocycles. The average molecular weight is 156 g/mol. The van der Waals surface area contributed by atoms with Crippen LogP contribution >= 0.6 is 0 Å². The van der Waals surface area contributed by atoms with Gasteiger partial charge in [0.05, 0.1) is 12.6 Å². The smallest absolute Gasteiger partial charge is 0.240 e. The highest BCUT2D eigenvalue weighted by Crippen LogP contribution is 2.05. The van der Waals surface area contributed by atoms with Crippen molar-refractivity contribution in [2.75, 3.05) is 20.6 Å². The fourth-order valence-electron chi connectivity index (χ4n) is 1.21. The number of rotatable bonds is 1. The lowest BCUT2D eigenvalue weighted by Gasteiger charge is -2.27. The second-order valence-electron chi connectivity index (χ2n) is 2.78. The van der Waals surface area contributed by atoms with Gasteiger partial charge in [0, 0.05) is 13.5 Å². The zero-order valence-corrected chi connectivity index (χ0v) is 6.76. The van der Waals surface area contributed by atoms with E-state index in [1.807, 2.05) is 0 Å². The molecule has 1 amide bonds. The molecule has 11 heavy (non-hydrogen) atoms. The molecule has 62 valence electrons. The van der Waals surface area contributed by atoms with Crippen LogP contribution in [-0.2, 0) is 9.59 Å². The molecule has 0 spiro atoms. The summed E-state index contributed by atoms with van der Waals surface area (Å²) in [5.74, 6) is 0.124. The molecule has 1 atom stereocenters. The molecular formula is C7H12N2O2. The predicted molar refractivity (Wildman–Crippen MR) is 40.1 cm³/mol. The third-order valence-corrected chi connectivity index (χ3v) is 1.87. The molecule has 1 N–H and O–H groups in total. The van der Waals surface area contributed by atoms with Crippen molar-refractivity contribution < 1.29 is 9.59 Å². The second kappa shape index (κ2) is 3.00. The van der Waals surface area contributed by atoms with E-state index in [0.717, 1.165) is 0 Å². The lowest BCUT2D eigenvalue weighted by atomic mass is 10.0. The maximum Gasteiger partial charge on any atom is 0.240 e. The Hall–Kier alpha value is -0.900. The van der Waals surface area contributed by atoms with Crippen LogP contribution in [0.1, 0.15) is 6.42 Å². The number of ketones is 1. The molecule has 0 aromatic heterocycles. The van der Waals surface area contributed by atoms with Crippen molar-refractivity contribution in [3.05, 3.63) is 0 Å². The molecule has 1 saturated heterocycles. The molecular weight excluding hydrogens is 144 g/mol. The van der Waals surface area contributed by atoms with Crippen LogP contribution < -0.4 is 5.32 Å². The third kappa shape index (κ3) is 1.57. The van der Waals surface area contributed by atoms with Gasteiger partial charge in [-0.25, -0.2) is 0 Å². The number of carbonyl (C=O) groups excluding carboxylic acids is 2. The number of likely N-dealkylation sites (tertiary alicyclic amines) is 1. The van der Waals surface area contributed by atoms with Crippen LogP contribution in [0.2, 0.25) is 0 Å².